The summed E-state index contributed by atoms with van der Waals surface area (Å²) in [4.78, 5) is 28.1. The monoisotopic (exact) mass is 659 g/mol. The zero-order chi connectivity index (χ0) is 31.4. The molecule has 2 amide bonds. The number of ether oxygens (including phenoxy) is 2. The molecule has 0 fully saturated rings. The van der Waals surface area contributed by atoms with E-state index in [-0.39, 0.29) is 35.1 Å². The van der Waals surface area contributed by atoms with Crippen molar-refractivity contribution in [2.24, 2.45) is 0 Å². The number of benzene rings is 3. The second-order valence-electron chi connectivity index (χ2n) is 9.35. The van der Waals surface area contributed by atoms with Crippen LogP contribution in [0, 0.1) is 0 Å². The fraction of sp³-hybridized carbons (Fsp3) is 0.286. The number of amides is 2. The Kier molecular flexibility index (Phi) is 10.2. The van der Waals surface area contributed by atoms with Gasteiger partial charge in [0, 0.05) is 41.1 Å². The molecule has 4 rings (SSSR count). The van der Waals surface area contributed by atoms with E-state index >= 15 is 0 Å². The van der Waals surface area contributed by atoms with Gasteiger partial charge in [0.25, 0.3) is 11.8 Å². The van der Waals surface area contributed by atoms with Crippen LogP contribution in [0.2, 0.25) is 10.0 Å². The molecule has 0 aliphatic carbocycles. The maximum atomic E-state index is 13.8. The van der Waals surface area contributed by atoms with Crippen molar-refractivity contribution in [1.29, 1.82) is 0 Å². The Balaban J connectivity index is 1.54. The molecule has 0 aromatic heterocycles. The Morgan fingerprint density at radius 3 is 2.49 bits per heavy atom. The molecule has 1 heterocycles. The fourth-order valence-corrected chi connectivity index (χ4v) is 5.44. The number of alkyl halides is 3. The number of nitrogens with one attached hydrogen (secondary N) is 2. The third-order valence-electron chi connectivity index (χ3n) is 6.55. The molecule has 0 radical (unpaired) electrons. The normalized spacial score (nSPS) is 15.4. The van der Waals surface area contributed by atoms with Crippen molar-refractivity contribution in [1.82, 2.24) is 4.72 Å². The first-order chi connectivity index (χ1) is 20.3. The van der Waals surface area contributed by atoms with E-state index < -0.39 is 40.0 Å². The third kappa shape index (κ3) is 7.60. The van der Waals surface area contributed by atoms with Gasteiger partial charge in [-0.1, -0.05) is 35.3 Å². The number of hydrogen-bond donors (Lipinski definition) is 2. The number of hydrogen-bond acceptors (Lipinski definition) is 6. The fourth-order valence-electron chi connectivity index (χ4n) is 4.52. The van der Waals surface area contributed by atoms with Gasteiger partial charge in [0.15, 0.2) is 0 Å². The Labute approximate surface area is 255 Å². The molecule has 230 valence electrons. The summed E-state index contributed by atoms with van der Waals surface area (Å²) in [6, 6.07) is 16.0. The Bertz CT molecular complexity index is 1620. The van der Waals surface area contributed by atoms with E-state index in [2.05, 4.69) is 5.32 Å². The summed E-state index contributed by atoms with van der Waals surface area (Å²) in [6.45, 7) is -0.690. The number of carbonyl (C=O) groups is 2. The Morgan fingerprint density at radius 2 is 1.79 bits per heavy atom. The highest BCUT2D eigenvalue weighted by atomic mass is 35.5. The molecule has 2 N–H and O–H groups in total. The van der Waals surface area contributed by atoms with Gasteiger partial charge in [-0.05, 0) is 55.3 Å². The topological polar surface area (TPSA) is 114 Å². The first kappa shape index (κ1) is 32.6. The Hall–Kier alpha value is -3.36. The van der Waals surface area contributed by atoms with Gasteiger partial charge in [-0.15, -0.1) is 0 Å². The van der Waals surface area contributed by atoms with Crippen LogP contribution in [0.1, 0.15) is 45.2 Å². The largest absolute Gasteiger partial charge is 0.511 e. The lowest BCUT2D eigenvalue weighted by Gasteiger charge is -2.25. The number of halogens is 5. The van der Waals surface area contributed by atoms with E-state index in [0.717, 1.165) is 0 Å². The van der Waals surface area contributed by atoms with Crippen molar-refractivity contribution in [3.05, 3.63) is 87.4 Å². The smallest absolute Gasteiger partial charge is 0.496 e. The zero-order valence-electron chi connectivity index (χ0n) is 22.6. The maximum Gasteiger partial charge on any atom is 0.511 e. The number of anilines is 2. The molecule has 3 aromatic carbocycles. The van der Waals surface area contributed by atoms with Gasteiger partial charge in [0.05, 0.1) is 36.0 Å². The molecule has 1 atom stereocenters. The summed E-state index contributed by atoms with van der Waals surface area (Å²) in [5.74, 6) is -0.656. The molecular formula is C28H26Cl2F3N3O6S. The lowest BCUT2D eigenvalue weighted by atomic mass is 10.0. The minimum atomic E-state index is -5.50. The number of sulfonamides is 1. The van der Waals surface area contributed by atoms with Crippen LogP contribution >= 0.6 is 23.2 Å². The first-order valence-corrected chi connectivity index (χ1v) is 15.1. The molecule has 1 aliphatic rings. The summed E-state index contributed by atoms with van der Waals surface area (Å²) in [7, 11) is -4.12. The minimum Gasteiger partial charge on any atom is -0.496 e. The van der Waals surface area contributed by atoms with Crippen LogP contribution in [0.15, 0.2) is 60.7 Å². The summed E-state index contributed by atoms with van der Waals surface area (Å²) >= 11 is 12.4. The standard InChI is InChI=1S/C28H26Cl2F3N3O6S/c1-41-25-16-18(35-26(37)19-5-2-3-6-22(19)30)9-10-20(25)27(38)36-13-4-7-24(21-15-17(29)8-11-23(21)36)42-14-12-34-43(39,40)28(31,32)33/h2-3,5-6,8-11,15-16,24,34H,4,7,12-14H2,1H3,(H,35,37). The number of rotatable bonds is 9. The highest BCUT2D eigenvalue weighted by Gasteiger charge is 2.45. The van der Waals surface area contributed by atoms with Crippen LogP contribution < -0.4 is 19.7 Å². The summed E-state index contributed by atoms with van der Waals surface area (Å²) in [5.41, 5.74) is -3.60. The maximum absolute atomic E-state index is 13.8. The summed E-state index contributed by atoms with van der Waals surface area (Å²) < 4.78 is 73.1. The van der Waals surface area contributed by atoms with Crippen LogP contribution in [-0.2, 0) is 14.8 Å². The molecule has 15 heteroatoms. The zero-order valence-corrected chi connectivity index (χ0v) is 24.9. The van der Waals surface area contributed by atoms with Crippen molar-refractivity contribution >= 4 is 56.4 Å². The molecule has 0 bridgehead atoms. The highest BCUT2D eigenvalue weighted by Crippen LogP contribution is 2.38. The van der Waals surface area contributed by atoms with Gasteiger partial charge in [0.1, 0.15) is 5.75 Å². The van der Waals surface area contributed by atoms with Crippen LogP contribution in [0.5, 0.6) is 5.75 Å². The van der Waals surface area contributed by atoms with Crippen molar-refractivity contribution < 1.29 is 40.7 Å². The van der Waals surface area contributed by atoms with Crippen molar-refractivity contribution in [3.8, 4) is 5.75 Å². The van der Waals surface area contributed by atoms with E-state index in [4.69, 9.17) is 32.7 Å². The quantitative estimate of drug-likeness (QED) is 0.265. The first-order valence-electron chi connectivity index (χ1n) is 12.8. The van der Waals surface area contributed by atoms with E-state index in [1.807, 2.05) is 0 Å². The lowest BCUT2D eigenvalue weighted by Crippen LogP contribution is -2.38. The van der Waals surface area contributed by atoms with Gasteiger partial charge < -0.3 is 19.7 Å². The average molecular weight is 660 g/mol. The molecule has 3 aromatic rings. The van der Waals surface area contributed by atoms with E-state index in [1.165, 1.54) is 28.9 Å². The van der Waals surface area contributed by atoms with Crippen LogP contribution in [0.3, 0.4) is 0 Å². The second kappa shape index (κ2) is 13.5. The van der Waals surface area contributed by atoms with Gasteiger partial charge in [-0.2, -0.15) is 13.2 Å². The van der Waals surface area contributed by atoms with Crippen LogP contribution in [0.4, 0.5) is 24.5 Å². The third-order valence-corrected chi connectivity index (χ3v) is 8.30. The number of nitrogens with zero attached hydrogens (tertiary/aromatic N) is 1. The van der Waals surface area contributed by atoms with E-state index in [1.54, 1.807) is 48.5 Å². The van der Waals surface area contributed by atoms with E-state index in [0.29, 0.717) is 34.8 Å². The van der Waals surface area contributed by atoms with Crippen LogP contribution in [-0.4, -0.2) is 52.5 Å². The van der Waals surface area contributed by atoms with Crippen molar-refractivity contribution in [2.75, 3.05) is 37.0 Å². The van der Waals surface area contributed by atoms with Gasteiger partial charge >= 0.3 is 15.5 Å². The van der Waals surface area contributed by atoms with Gasteiger partial charge in [-0.25, -0.2) is 13.1 Å². The molecule has 0 saturated heterocycles. The van der Waals surface area contributed by atoms with E-state index in [9.17, 15) is 31.2 Å². The van der Waals surface area contributed by atoms with Crippen molar-refractivity contribution in [3.63, 3.8) is 0 Å². The minimum absolute atomic E-state index is 0.200. The molecule has 0 saturated carbocycles. The second-order valence-corrected chi connectivity index (χ2v) is 12.0. The molecule has 1 aliphatic heterocycles. The van der Waals surface area contributed by atoms with Crippen LogP contribution in [0.25, 0.3) is 0 Å². The van der Waals surface area contributed by atoms with Gasteiger partial charge in [0.2, 0.25) is 0 Å². The number of carbonyl (C=O) groups excluding carboxylic acids is 2. The SMILES string of the molecule is COc1cc(NC(=O)c2ccccc2Cl)ccc1C(=O)N1CCCC(OCCNS(=O)(=O)C(F)(F)F)c2cc(Cl)ccc21. The number of fused-ring (bicyclic) bond motifs is 1. The molecule has 43 heavy (non-hydrogen) atoms. The lowest BCUT2D eigenvalue weighted by molar-refractivity contribution is -0.0450. The predicted octanol–water partition coefficient (Wildman–Crippen LogP) is 6.19. The predicted molar refractivity (Wildman–Crippen MR) is 156 cm³/mol. The molecular weight excluding hydrogens is 634 g/mol. The number of methoxy groups -OCH3 is 1. The molecule has 9 nitrogen and oxygen atoms in total. The highest BCUT2D eigenvalue weighted by molar-refractivity contribution is 7.90. The summed E-state index contributed by atoms with van der Waals surface area (Å²) in [5, 5.41) is 3.36. The van der Waals surface area contributed by atoms with Crippen molar-refractivity contribution in [2.45, 2.75) is 24.5 Å². The molecule has 0 spiro atoms. The van der Waals surface area contributed by atoms with Gasteiger partial charge in [-0.3, -0.25) is 9.59 Å². The Morgan fingerprint density at radius 1 is 1.05 bits per heavy atom. The average Bonchev–Trinajstić information content (AvgIpc) is 3.13. The summed E-state index contributed by atoms with van der Waals surface area (Å²) in [6.07, 6.45) is 0.157. The molecule has 1 unspecified atom stereocenters.